The molecule has 10 heteroatoms. The highest BCUT2D eigenvalue weighted by Crippen LogP contribution is 2.46. The topological polar surface area (TPSA) is 0 Å². The Morgan fingerprint density at radius 2 is 1.05 bits per heavy atom. The van der Waals surface area contributed by atoms with Gasteiger partial charge in [0.1, 0.15) is 0 Å². The molecular formula is C9H3F9P. The van der Waals surface area contributed by atoms with E-state index in [-0.39, 0.29) is 12.1 Å². The molecule has 0 saturated carbocycles. The molecule has 0 atom stereocenters. The molecule has 0 aromatic heterocycles. The molecule has 0 amide bonds. The van der Waals surface area contributed by atoms with Crippen LogP contribution in [0.3, 0.4) is 0 Å². The number of alkyl halides is 9. The van der Waals surface area contributed by atoms with Gasteiger partial charge in [0.2, 0.25) is 0 Å². The van der Waals surface area contributed by atoms with Crippen LogP contribution in [0, 0.1) is 0 Å². The molecule has 0 nitrogen and oxygen atoms in total. The van der Waals surface area contributed by atoms with Crippen molar-refractivity contribution in [3.05, 3.63) is 28.8 Å². The fourth-order valence-corrected chi connectivity index (χ4v) is 1.78. The van der Waals surface area contributed by atoms with E-state index in [4.69, 9.17) is 0 Å². The Bertz CT molecular complexity index is 480. The molecule has 1 aromatic carbocycles. The third-order valence-electron chi connectivity index (χ3n) is 2.08. The average Bonchev–Trinajstić information content (AvgIpc) is 2.11. The van der Waals surface area contributed by atoms with Crippen LogP contribution >= 0.6 is 9.24 Å². The summed E-state index contributed by atoms with van der Waals surface area (Å²) in [5.41, 5.74) is -7.53. The molecule has 107 valence electrons. The van der Waals surface area contributed by atoms with Crippen LogP contribution in [0.5, 0.6) is 0 Å². The lowest BCUT2D eigenvalue weighted by atomic mass is 9.99. The van der Waals surface area contributed by atoms with Crippen LogP contribution in [-0.2, 0) is 18.5 Å². The molecule has 0 fully saturated rings. The molecule has 0 N–H and O–H groups in total. The standard InChI is InChI=1S/C9H3F9P/c10-7(11,12)3-1-2-4(19)6(9(16,17)18)5(3)8(13,14)15/h1-2,19H. The largest absolute Gasteiger partial charge is 0.417 e. The van der Waals surface area contributed by atoms with E-state index >= 15 is 0 Å². The Kier molecular flexibility index (Phi) is 3.84. The van der Waals surface area contributed by atoms with Crippen molar-refractivity contribution in [3.63, 3.8) is 0 Å². The maximum atomic E-state index is 12.5. The predicted octanol–water partition coefficient (Wildman–Crippen LogP) is 4.51. The van der Waals surface area contributed by atoms with Gasteiger partial charge in [-0.25, -0.2) is 0 Å². The molecule has 0 spiro atoms. The van der Waals surface area contributed by atoms with Gasteiger partial charge >= 0.3 is 18.5 Å². The summed E-state index contributed by atoms with van der Waals surface area (Å²) in [5, 5.41) is -1.12. The predicted molar refractivity (Wildman–Crippen MR) is 49.4 cm³/mol. The Balaban J connectivity index is 3.82. The zero-order valence-corrected chi connectivity index (χ0v) is 9.56. The molecule has 0 heterocycles. The van der Waals surface area contributed by atoms with Gasteiger partial charge in [-0.15, -0.1) is 0 Å². The van der Waals surface area contributed by atoms with Gasteiger partial charge in [0.05, 0.1) is 16.7 Å². The van der Waals surface area contributed by atoms with Gasteiger partial charge < -0.3 is 0 Å². The number of rotatable bonds is 0. The summed E-state index contributed by atoms with van der Waals surface area (Å²) < 4.78 is 112. The first kappa shape index (κ1) is 16.1. The normalized spacial score (nSPS) is 13.8. The van der Waals surface area contributed by atoms with Crippen molar-refractivity contribution in [2.24, 2.45) is 0 Å². The summed E-state index contributed by atoms with van der Waals surface area (Å²) in [6.07, 6.45) is -16.9. The van der Waals surface area contributed by atoms with Crippen molar-refractivity contribution < 1.29 is 39.5 Å². The second-order valence-corrected chi connectivity index (χ2v) is 3.94. The van der Waals surface area contributed by atoms with E-state index in [1.54, 1.807) is 0 Å². The van der Waals surface area contributed by atoms with E-state index in [0.29, 0.717) is 0 Å². The number of hydrogen-bond donors (Lipinski definition) is 0. The van der Waals surface area contributed by atoms with Crippen LogP contribution in [0.25, 0.3) is 0 Å². The number of hydrogen-bond acceptors (Lipinski definition) is 0. The molecule has 0 saturated heterocycles. The van der Waals surface area contributed by atoms with Gasteiger partial charge in [-0.3, -0.25) is 0 Å². The lowest BCUT2D eigenvalue weighted by Crippen LogP contribution is -2.27. The maximum absolute atomic E-state index is 12.5. The van der Waals surface area contributed by atoms with E-state index in [1.807, 2.05) is 0 Å². The van der Waals surface area contributed by atoms with Crippen molar-refractivity contribution in [1.29, 1.82) is 0 Å². The minimum Gasteiger partial charge on any atom is -0.166 e. The minimum absolute atomic E-state index is 0.0552. The fraction of sp³-hybridized carbons (Fsp3) is 0.333. The molecule has 0 aliphatic carbocycles. The molecule has 0 aliphatic heterocycles. The molecular weight excluding hydrogens is 310 g/mol. The van der Waals surface area contributed by atoms with Crippen LogP contribution in [0.1, 0.15) is 16.7 Å². The summed E-state index contributed by atoms with van der Waals surface area (Å²) in [5.74, 6) is 0. The van der Waals surface area contributed by atoms with Gasteiger partial charge in [0.15, 0.2) is 0 Å². The van der Waals surface area contributed by atoms with Crippen LogP contribution in [-0.4, -0.2) is 0 Å². The molecule has 0 bridgehead atoms. The lowest BCUT2D eigenvalue weighted by Gasteiger charge is -2.21. The van der Waals surface area contributed by atoms with E-state index in [0.717, 1.165) is 0 Å². The van der Waals surface area contributed by atoms with Crippen molar-refractivity contribution in [1.82, 2.24) is 0 Å². The molecule has 19 heavy (non-hydrogen) atoms. The van der Waals surface area contributed by atoms with Gasteiger partial charge in [0.25, 0.3) is 0 Å². The third kappa shape index (κ3) is 3.32. The van der Waals surface area contributed by atoms with Crippen molar-refractivity contribution in [2.75, 3.05) is 0 Å². The van der Waals surface area contributed by atoms with Crippen LogP contribution in [0.4, 0.5) is 39.5 Å². The molecule has 0 aliphatic rings. The molecule has 1 rings (SSSR count). The van der Waals surface area contributed by atoms with Gasteiger partial charge in [-0.1, -0.05) is 15.3 Å². The Morgan fingerprint density at radius 3 is 1.37 bits per heavy atom. The Morgan fingerprint density at radius 1 is 0.632 bits per heavy atom. The number of halogens is 9. The summed E-state index contributed by atoms with van der Waals surface area (Å²) >= 11 is 0. The van der Waals surface area contributed by atoms with E-state index < -0.39 is 40.5 Å². The zero-order valence-electron chi connectivity index (χ0n) is 8.56. The monoisotopic (exact) mass is 313 g/mol. The first-order chi connectivity index (χ1) is 8.26. The smallest absolute Gasteiger partial charge is 0.166 e. The first-order valence-corrected chi connectivity index (χ1v) is 4.86. The Hall–Kier alpha value is -0.980. The summed E-state index contributed by atoms with van der Waals surface area (Å²) in [6, 6.07) is 0.220. The number of benzene rings is 1. The molecule has 1 radical (unpaired) electrons. The summed E-state index contributed by atoms with van der Waals surface area (Å²) in [4.78, 5) is 0. The average molecular weight is 313 g/mol. The summed E-state index contributed by atoms with van der Waals surface area (Å²) in [7, 11) is 2.25. The van der Waals surface area contributed by atoms with E-state index in [2.05, 4.69) is 9.24 Å². The highest BCUT2D eigenvalue weighted by atomic mass is 31.0. The van der Waals surface area contributed by atoms with Gasteiger partial charge in [-0.05, 0) is 11.4 Å². The zero-order chi connectivity index (χ0) is 15.2. The second-order valence-electron chi connectivity index (χ2n) is 3.40. The van der Waals surface area contributed by atoms with Crippen molar-refractivity contribution >= 4 is 14.5 Å². The van der Waals surface area contributed by atoms with Crippen LogP contribution in [0.2, 0.25) is 0 Å². The lowest BCUT2D eigenvalue weighted by molar-refractivity contribution is -0.174. The minimum atomic E-state index is -5.79. The van der Waals surface area contributed by atoms with E-state index in [1.165, 1.54) is 0 Å². The van der Waals surface area contributed by atoms with E-state index in [9.17, 15) is 39.5 Å². The first-order valence-electron chi connectivity index (χ1n) is 4.36. The maximum Gasteiger partial charge on any atom is 0.417 e. The fourth-order valence-electron chi connectivity index (χ4n) is 1.43. The third-order valence-corrected chi connectivity index (χ3v) is 2.49. The van der Waals surface area contributed by atoms with Crippen LogP contribution < -0.4 is 5.30 Å². The highest BCUT2D eigenvalue weighted by Gasteiger charge is 2.50. The van der Waals surface area contributed by atoms with Crippen molar-refractivity contribution in [3.8, 4) is 0 Å². The van der Waals surface area contributed by atoms with Crippen molar-refractivity contribution in [2.45, 2.75) is 18.5 Å². The van der Waals surface area contributed by atoms with Gasteiger partial charge in [-0.2, -0.15) is 39.5 Å². The Labute approximate surface area is 102 Å². The van der Waals surface area contributed by atoms with Gasteiger partial charge in [0, 0.05) is 0 Å². The second kappa shape index (κ2) is 4.54. The molecule has 0 unspecified atom stereocenters. The highest BCUT2D eigenvalue weighted by molar-refractivity contribution is 7.27. The summed E-state index contributed by atoms with van der Waals surface area (Å²) in [6.45, 7) is 0. The SMILES string of the molecule is FC(F)(F)c1ccc([PH])c(C(F)(F)F)c1C(F)(F)F. The van der Waals surface area contributed by atoms with Crippen LogP contribution in [0.15, 0.2) is 12.1 Å². The molecule has 1 aromatic rings. The quantitative estimate of drug-likeness (QED) is 0.488.